The van der Waals surface area contributed by atoms with Crippen LogP contribution < -0.4 is 5.32 Å². The smallest absolute Gasteiger partial charge is 0.251 e. The van der Waals surface area contributed by atoms with E-state index >= 15 is 0 Å². The van der Waals surface area contributed by atoms with Crippen molar-refractivity contribution in [3.8, 4) is 0 Å². The van der Waals surface area contributed by atoms with Crippen molar-refractivity contribution < 1.29 is 4.79 Å². The zero-order valence-electron chi connectivity index (χ0n) is 9.34. The molecule has 0 fully saturated rings. The number of nitrogens with one attached hydrogen (secondary N) is 1. The van der Waals surface area contributed by atoms with Crippen LogP contribution in [-0.2, 0) is 0 Å². The van der Waals surface area contributed by atoms with Gasteiger partial charge in [-0.25, -0.2) is 0 Å². The predicted molar refractivity (Wildman–Crippen MR) is 70.3 cm³/mol. The molecule has 2 nitrogen and oxygen atoms in total. The molecule has 1 N–H and O–H groups in total. The van der Waals surface area contributed by atoms with Crippen LogP contribution in [0.25, 0.3) is 0 Å². The van der Waals surface area contributed by atoms with Crippen LogP contribution in [0.3, 0.4) is 0 Å². The van der Waals surface area contributed by atoms with Crippen molar-refractivity contribution in [3.63, 3.8) is 0 Å². The molecule has 0 bridgehead atoms. The van der Waals surface area contributed by atoms with E-state index in [0.29, 0.717) is 17.1 Å². The molecule has 16 heavy (non-hydrogen) atoms. The summed E-state index contributed by atoms with van der Waals surface area (Å²) < 4.78 is 0. The first-order valence-electron chi connectivity index (χ1n) is 4.80. The Morgan fingerprint density at radius 3 is 2.81 bits per heavy atom. The number of benzene rings is 1. The number of halogens is 1. The van der Waals surface area contributed by atoms with Crippen molar-refractivity contribution in [2.75, 3.05) is 12.8 Å². The highest BCUT2D eigenvalue weighted by molar-refractivity contribution is 7.98. The summed E-state index contributed by atoms with van der Waals surface area (Å²) in [4.78, 5) is 12.9. The summed E-state index contributed by atoms with van der Waals surface area (Å²) in [6, 6.07) is 5.82. The van der Waals surface area contributed by atoms with Gasteiger partial charge in [0.1, 0.15) is 0 Å². The minimum Gasteiger partial charge on any atom is -0.347 e. The summed E-state index contributed by atoms with van der Waals surface area (Å²) in [6.07, 6.45) is 1.98. The summed E-state index contributed by atoms with van der Waals surface area (Å²) in [7, 11) is 0. The van der Waals surface area contributed by atoms with Crippen LogP contribution >= 0.6 is 23.4 Å². The first-order chi connectivity index (χ1) is 7.54. The number of amides is 1. The molecule has 1 aromatic carbocycles. The molecule has 1 aromatic rings. The van der Waals surface area contributed by atoms with Gasteiger partial charge in [0.15, 0.2) is 0 Å². The van der Waals surface area contributed by atoms with Crippen molar-refractivity contribution in [2.45, 2.75) is 11.8 Å². The summed E-state index contributed by atoms with van der Waals surface area (Å²) in [6.45, 7) is 5.73. The van der Waals surface area contributed by atoms with Gasteiger partial charge < -0.3 is 5.32 Å². The molecular weight excluding hydrogens is 242 g/mol. The molecular formula is C12H14ClNOS. The summed E-state index contributed by atoms with van der Waals surface area (Å²) in [5.41, 5.74) is 1.64. The van der Waals surface area contributed by atoms with Crippen LogP contribution in [0.2, 0.25) is 0 Å². The Bertz CT molecular complexity index is 417. The number of hydrogen-bond acceptors (Lipinski definition) is 2. The van der Waals surface area contributed by atoms with Gasteiger partial charge in [-0.05, 0) is 30.9 Å². The molecule has 0 unspecified atom stereocenters. The Labute approximate surface area is 105 Å². The standard InChI is InChI=1S/C12H14ClNOS/c1-8-4-5-10(16-3)6-11(8)12(15)14-7-9(2)13/h4-6H,2,7H2,1,3H3,(H,14,15). The van der Waals surface area contributed by atoms with Gasteiger partial charge in [0.2, 0.25) is 0 Å². The fourth-order valence-electron chi connectivity index (χ4n) is 1.24. The van der Waals surface area contributed by atoms with Crippen molar-refractivity contribution in [3.05, 3.63) is 40.9 Å². The van der Waals surface area contributed by atoms with Gasteiger partial charge in [0.05, 0.1) is 6.54 Å². The van der Waals surface area contributed by atoms with Crippen molar-refractivity contribution in [1.29, 1.82) is 0 Å². The largest absolute Gasteiger partial charge is 0.347 e. The molecule has 0 saturated carbocycles. The number of rotatable bonds is 4. The first kappa shape index (κ1) is 13.1. The lowest BCUT2D eigenvalue weighted by atomic mass is 10.1. The fourth-order valence-corrected chi connectivity index (χ4v) is 1.75. The van der Waals surface area contributed by atoms with Crippen LogP contribution in [0.5, 0.6) is 0 Å². The maximum Gasteiger partial charge on any atom is 0.251 e. The highest BCUT2D eigenvalue weighted by Crippen LogP contribution is 2.19. The maximum atomic E-state index is 11.8. The Kier molecular flexibility index (Phi) is 4.90. The molecule has 86 valence electrons. The molecule has 0 atom stereocenters. The van der Waals surface area contributed by atoms with E-state index in [-0.39, 0.29) is 5.91 Å². The van der Waals surface area contributed by atoms with Gasteiger partial charge >= 0.3 is 0 Å². The van der Waals surface area contributed by atoms with E-state index in [2.05, 4.69) is 11.9 Å². The third kappa shape index (κ3) is 3.58. The van der Waals surface area contributed by atoms with Gasteiger partial charge in [-0.3, -0.25) is 4.79 Å². The average molecular weight is 256 g/mol. The molecule has 0 aromatic heterocycles. The van der Waals surface area contributed by atoms with Crippen molar-refractivity contribution in [2.24, 2.45) is 0 Å². The third-order valence-corrected chi connectivity index (χ3v) is 2.99. The summed E-state index contributed by atoms with van der Waals surface area (Å²) in [5.74, 6) is -0.116. The Balaban J connectivity index is 2.85. The van der Waals surface area contributed by atoms with E-state index < -0.39 is 0 Å². The second kappa shape index (κ2) is 5.97. The number of carbonyl (C=O) groups is 1. The molecule has 0 heterocycles. The minimum atomic E-state index is -0.116. The van der Waals surface area contributed by atoms with Crippen LogP contribution in [0.15, 0.2) is 34.7 Å². The minimum absolute atomic E-state index is 0.116. The quantitative estimate of drug-likeness (QED) is 0.838. The van der Waals surface area contributed by atoms with Crippen LogP contribution in [0.1, 0.15) is 15.9 Å². The zero-order chi connectivity index (χ0) is 12.1. The van der Waals surface area contributed by atoms with Gasteiger partial charge in [0.25, 0.3) is 5.91 Å². The Hall–Kier alpha value is -0.930. The third-order valence-electron chi connectivity index (χ3n) is 2.13. The van der Waals surface area contributed by atoms with E-state index in [1.54, 1.807) is 11.8 Å². The van der Waals surface area contributed by atoms with Gasteiger partial charge in [0, 0.05) is 15.5 Å². The molecule has 1 rings (SSSR count). The second-order valence-electron chi connectivity index (χ2n) is 3.38. The summed E-state index contributed by atoms with van der Waals surface area (Å²) in [5, 5.41) is 3.13. The molecule has 0 spiro atoms. The van der Waals surface area contributed by atoms with Crippen molar-refractivity contribution >= 4 is 29.3 Å². The van der Waals surface area contributed by atoms with Crippen LogP contribution in [0, 0.1) is 6.92 Å². The molecule has 1 amide bonds. The number of aryl methyl sites for hydroxylation is 1. The summed E-state index contributed by atoms with van der Waals surface area (Å²) >= 11 is 7.20. The Morgan fingerprint density at radius 2 is 2.25 bits per heavy atom. The molecule has 0 aliphatic carbocycles. The van der Waals surface area contributed by atoms with E-state index in [1.165, 1.54) is 0 Å². The first-order valence-corrected chi connectivity index (χ1v) is 6.41. The molecule has 0 saturated heterocycles. The molecule has 4 heteroatoms. The van der Waals surface area contributed by atoms with Gasteiger partial charge in [-0.2, -0.15) is 0 Å². The highest BCUT2D eigenvalue weighted by atomic mass is 35.5. The zero-order valence-corrected chi connectivity index (χ0v) is 10.9. The van der Waals surface area contributed by atoms with Gasteiger partial charge in [-0.15, -0.1) is 11.8 Å². The fraction of sp³-hybridized carbons (Fsp3) is 0.250. The molecule has 0 aliphatic rings. The lowest BCUT2D eigenvalue weighted by Gasteiger charge is -2.08. The van der Waals surface area contributed by atoms with Crippen molar-refractivity contribution in [1.82, 2.24) is 5.32 Å². The van der Waals surface area contributed by atoms with E-state index in [4.69, 9.17) is 11.6 Å². The van der Waals surface area contributed by atoms with E-state index in [9.17, 15) is 4.79 Å². The lowest BCUT2D eigenvalue weighted by molar-refractivity contribution is 0.0957. The molecule has 0 aliphatic heterocycles. The van der Waals surface area contributed by atoms with Crippen LogP contribution in [-0.4, -0.2) is 18.7 Å². The number of thioether (sulfide) groups is 1. The maximum absolute atomic E-state index is 11.8. The SMILES string of the molecule is C=C(Cl)CNC(=O)c1cc(SC)ccc1C. The normalized spacial score (nSPS) is 9.94. The monoisotopic (exact) mass is 255 g/mol. The lowest BCUT2D eigenvalue weighted by Crippen LogP contribution is -2.25. The topological polar surface area (TPSA) is 29.1 Å². The average Bonchev–Trinajstić information content (AvgIpc) is 2.26. The number of hydrogen-bond donors (Lipinski definition) is 1. The number of carbonyl (C=O) groups excluding carboxylic acids is 1. The molecule has 0 radical (unpaired) electrons. The van der Waals surface area contributed by atoms with Gasteiger partial charge in [-0.1, -0.05) is 24.2 Å². The Morgan fingerprint density at radius 1 is 1.56 bits per heavy atom. The highest BCUT2D eigenvalue weighted by Gasteiger charge is 2.09. The second-order valence-corrected chi connectivity index (χ2v) is 4.79. The predicted octanol–water partition coefficient (Wildman–Crippen LogP) is 3.20. The van der Waals surface area contributed by atoms with E-state index in [0.717, 1.165) is 10.5 Å². The van der Waals surface area contributed by atoms with E-state index in [1.807, 2.05) is 31.4 Å². The van der Waals surface area contributed by atoms with Crippen LogP contribution in [0.4, 0.5) is 0 Å².